The van der Waals surface area contributed by atoms with E-state index < -0.39 is 39.4 Å². The first-order valence-electron chi connectivity index (χ1n) is 5.36. The van der Waals surface area contributed by atoms with Gasteiger partial charge in [0.15, 0.2) is 5.75 Å². The summed E-state index contributed by atoms with van der Waals surface area (Å²) in [5, 5.41) is 8.40. The van der Waals surface area contributed by atoms with Crippen LogP contribution < -0.4 is 4.72 Å². The van der Waals surface area contributed by atoms with E-state index >= 15 is 0 Å². The Labute approximate surface area is 109 Å². The van der Waals surface area contributed by atoms with Crippen LogP contribution in [0.1, 0.15) is 12.5 Å². The predicted molar refractivity (Wildman–Crippen MR) is 64.1 cm³/mol. The number of hydrogen-bond donors (Lipinski definition) is 2. The molecular weight excluding hydrogens is 280 g/mol. The molecule has 0 aromatic heterocycles. The summed E-state index contributed by atoms with van der Waals surface area (Å²) < 4.78 is 51.4. The molecule has 1 rings (SSSR count). The van der Waals surface area contributed by atoms with Gasteiger partial charge in [-0.05, 0) is 25.5 Å². The normalized spacial score (nSPS) is 13.2. The summed E-state index contributed by atoms with van der Waals surface area (Å²) in [6.45, 7) is 1.39. The minimum absolute atomic E-state index is 0.211. The molecule has 1 unspecified atom stereocenters. The Morgan fingerprint density at radius 3 is 2.37 bits per heavy atom. The van der Waals surface area contributed by atoms with Crippen molar-refractivity contribution in [1.29, 1.82) is 0 Å². The first kappa shape index (κ1) is 15.5. The second-order valence-corrected chi connectivity index (χ2v) is 5.83. The molecule has 0 aliphatic rings. The summed E-state index contributed by atoms with van der Waals surface area (Å²) in [5.41, 5.74) is -0.243. The van der Waals surface area contributed by atoms with E-state index in [1.165, 1.54) is 13.0 Å². The fourth-order valence-corrected chi connectivity index (χ4v) is 2.69. The maximum Gasteiger partial charge on any atom is 0.320 e. The minimum Gasteiger partial charge on any atom is -0.480 e. The zero-order valence-corrected chi connectivity index (χ0v) is 10.9. The molecule has 0 saturated heterocycles. The van der Waals surface area contributed by atoms with Gasteiger partial charge < -0.3 is 5.11 Å². The molecule has 5 nitrogen and oxygen atoms in total. The molecule has 1 atom stereocenters. The van der Waals surface area contributed by atoms with Gasteiger partial charge in [0.1, 0.15) is 11.6 Å². The van der Waals surface area contributed by atoms with Crippen LogP contribution in [0, 0.1) is 11.6 Å². The number of carboxylic acids is 1. The Kier molecular flexibility index (Phi) is 4.96. The SMILES string of the molecule is CC(Cc1c(F)cccc1F)NS(=O)(=O)CC(=O)O. The van der Waals surface area contributed by atoms with E-state index in [0.29, 0.717) is 0 Å². The van der Waals surface area contributed by atoms with Crippen molar-refractivity contribution in [2.45, 2.75) is 19.4 Å². The number of aliphatic carboxylic acids is 1. The van der Waals surface area contributed by atoms with Gasteiger partial charge in [-0.25, -0.2) is 21.9 Å². The standard InChI is InChI=1S/C11H13F2NO4S/c1-7(14-19(17,18)6-11(15)16)5-8-9(12)3-2-4-10(8)13/h2-4,7,14H,5-6H2,1H3,(H,15,16). The molecule has 0 bridgehead atoms. The van der Waals surface area contributed by atoms with E-state index in [-0.39, 0.29) is 12.0 Å². The molecule has 0 radical (unpaired) electrons. The topological polar surface area (TPSA) is 83.5 Å². The summed E-state index contributed by atoms with van der Waals surface area (Å²) in [7, 11) is -4.02. The molecule has 0 fully saturated rings. The highest BCUT2D eigenvalue weighted by molar-refractivity contribution is 7.90. The number of hydrogen-bond acceptors (Lipinski definition) is 3. The van der Waals surface area contributed by atoms with Crippen LogP contribution in [0.4, 0.5) is 8.78 Å². The van der Waals surface area contributed by atoms with Crippen LogP contribution in [-0.2, 0) is 21.2 Å². The van der Waals surface area contributed by atoms with Crippen molar-refractivity contribution < 1.29 is 27.1 Å². The second kappa shape index (κ2) is 6.07. The zero-order chi connectivity index (χ0) is 14.6. The lowest BCUT2D eigenvalue weighted by Crippen LogP contribution is -2.38. The van der Waals surface area contributed by atoms with Crippen LogP contribution in [0.15, 0.2) is 18.2 Å². The van der Waals surface area contributed by atoms with Crippen molar-refractivity contribution in [2.75, 3.05) is 5.75 Å². The van der Waals surface area contributed by atoms with Crippen molar-refractivity contribution in [3.8, 4) is 0 Å². The molecule has 1 aromatic rings. The molecule has 2 N–H and O–H groups in total. The van der Waals surface area contributed by atoms with Gasteiger partial charge >= 0.3 is 5.97 Å². The molecule has 0 aliphatic carbocycles. The third-order valence-corrected chi connectivity index (χ3v) is 3.65. The van der Waals surface area contributed by atoms with Gasteiger partial charge in [-0.3, -0.25) is 4.79 Å². The summed E-state index contributed by atoms with van der Waals surface area (Å²) in [6.07, 6.45) is -0.211. The first-order valence-corrected chi connectivity index (χ1v) is 7.01. The second-order valence-electron chi connectivity index (χ2n) is 4.08. The number of sulfonamides is 1. The highest BCUT2D eigenvalue weighted by Crippen LogP contribution is 2.14. The first-order chi connectivity index (χ1) is 8.71. The van der Waals surface area contributed by atoms with E-state index in [9.17, 15) is 22.0 Å². The maximum absolute atomic E-state index is 13.3. The Hall–Kier alpha value is -1.54. The Balaban J connectivity index is 2.76. The molecular formula is C11H13F2NO4S. The van der Waals surface area contributed by atoms with Crippen LogP contribution in [0.25, 0.3) is 0 Å². The molecule has 19 heavy (non-hydrogen) atoms. The zero-order valence-electron chi connectivity index (χ0n) is 10.1. The average Bonchev–Trinajstić information content (AvgIpc) is 2.20. The molecule has 1 aromatic carbocycles. The van der Waals surface area contributed by atoms with Gasteiger partial charge in [-0.2, -0.15) is 0 Å². The molecule has 0 heterocycles. The molecule has 0 aliphatic heterocycles. The van der Waals surface area contributed by atoms with E-state index in [0.717, 1.165) is 12.1 Å². The lowest BCUT2D eigenvalue weighted by Gasteiger charge is -2.14. The quantitative estimate of drug-likeness (QED) is 0.816. The van der Waals surface area contributed by atoms with E-state index in [4.69, 9.17) is 5.11 Å². The molecule has 8 heteroatoms. The minimum atomic E-state index is -4.02. The molecule has 0 spiro atoms. The Morgan fingerprint density at radius 1 is 1.37 bits per heavy atom. The van der Waals surface area contributed by atoms with Gasteiger partial charge in [0.25, 0.3) is 0 Å². The third-order valence-electron chi connectivity index (χ3n) is 2.27. The lowest BCUT2D eigenvalue weighted by atomic mass is 10.1. The molecule has 106 valence electrons. The van der Waals surface area contributed by atoms with Gasteiger partial charge in [-0.15, -0.1) is 0 Å². The lowest BCUT2D eigenvalue weighted by molar-refractivity contribution is -0.134. The van der Waals surface area contributed by atoms with Crippen LogP contribution >= 0.6 is 0 Å². The van der Waals surface area contributed by atoms with Crippen molar-refractivity contribution in [3.63, 3.8) is 0 Å². The molecule has 0 saturated carbocycles. The summed E-state index contributed by atoms with van der Waals surface area (Å²) in [5.74, 6) is -4.14. The van der Waals surface area contributed by atoms with Crippen LogP contribution in [0.5, 0.6) is 0 Å². The average molecular weight is 293 g/mol. The van der Waals surface area contributed by atoms with Crippen molar-refractivity contribution in [3.05, 3.63) is 35.4 Å². The maximum atomic E-state index is 13.3. The highest BCUT2D eigenvalue weighted by atomic mass is 32.2. The largest absolute Gasteiger partial charge is 0.480 e. The number of carboxylic acid groups (broad SMARTS) is 1. The fourth-order valence-electron chi connectivity index (χ4n) is 1.59. The summed E-state index contributed by atoms with van der Waals surface area (Å²) in [6, 6.07) is 2.51. The van der Waals surface area contributed by atoms with Crippen LogP contribution in [-0.4, -0.2) is 31.3 Å². The van der Waals surface area contributed by atoms with Gasteiger partial charge in [0, 0.05) is 11.6 Å². The van der Waals surface area contributed by atoms with E-state index in [1.807, 2.05) is 4.72 Å². The van der Waals surface area contributed by atoms with Crippen LogP contribution in [0.3, 0.4) is 0 Å². The fraction of sp³-hybridized carbons (Fsp3) is 0.364. The Morgan fingerprint density at radius 2 is 1.89 bits per heavy atom. The van der Waals surface area contributed by atoms with Crippen molar-refractivity contribution in [1.82, 2.24) is 4.72 Å². The predicted octanol–water partition coefficient (Wildman–Crippen LogP) is 0.900. The number of halogens is 2. The number of nitrogens with one attached hydrogen (secondary N) is 1. The number of benzene rings is 1. The van der Waals surface area contributed by atoms with Gasteiger partial charge in [0.05, 0.1) is 0 Å². The van der Waals surface area contributed by atoms with Crippen LogP contribution in [0.2, 0.25) is 0 Å². The Bertz CT molecular complexity index is 554. The summed E-state index contributed by atoms with van der Waals surface area (Å²) >= 11 is 0. The van der Waals surface area contributed by atoms with E-state index in [2.05, 4.69) is 0 Å². The van der Waals surface area contributed by atoms with Crippen molar-refractivity contribution in [2.24, 2.45) is 0 Å². The number of carbonyl (C=O) groups is 1. The summed E-state index contributed by atoms with van der Waals surface area (Å²) in [4.78, 5) is 10.3. The number of rotatable bonds is 6. The highest BCUT2D eigenvalue weighted by Gasteiger charge is 2.20. The van der Waals surface area contributed by atoms with E-state index in [1.54, 1.807) is 0 Å². The monoisotopic (exact) mass is 293 g/mol. The van der Waals surface area contributed by atoms with Gasteiger partial charge in [-0.1, -0.05) is 6.07 Å². The molecule has 0 amide bonds. The van der Waals surface area contributed by atoms with Crippen molar-refractivity contribution >= 4 is 16.0 Å². The smallest absolute Gasteiger partial charge is 0.320 e. The van der Waals surface area contributed by atoms with Gasteiger partial charge in [0.2, 0.25) is 10.0 Å². The third kappa shape index (κ3) is 4.92.